The van der Waals surface area contributed by atoms with Gasteiger partial charge in [0.15, 0.2) is 0 Å². The van der Waals surface area contributed by atoms with Gasteiger partial charge in [0.25, 0.3) is 11.8 Å². The molecule has 7 nitrogen and oxygen atoms in total. The highest BCUT2D eigenvalue weighted by molar-refractivity contribution is 6.20. The van der Waals surface area contributed by atoms with E-state index in [-0.39, 0.29) is 11.8 Å². The summed E-state index contributed by atoms with van der Waals surface area (Å²) in [5.41, 5.74) is 3.74. The number of amides is 2. The first-order valence-corrected chi connectivity index (χ1v) is 13.7. The summed E-state index contributed by atoms with van der Waals surface area (Å²) >= 11 is 0. The van der Waals surface area contributed by atoms with Gasteiger partial charge >= 0.3 is 0 Å². The van der Waals surface area contributed by atoms with Gasteiger partial charge in [-0.05, 0) is 55.2 Å². The van der Waals surface area contributed by atoms with Crippen LogP contribution >= 0.6 is 0 Å². The van der Waals surface area contributed by atoms with Crippen LogP contribution in [0.15, 0.2) is 95.1 Å². The van der Waals surface area contributed by atoms with E-state index in [0.717, 1.165) is 23.4 Å². The highest BCUT2D eigenvalue weighted by Gasteiger charge is 2.51. The van der Waals surface area contributed by atoms with Gasteiger partial charge in [-0.25, -0.2) is 10.0 Å². The molecule has 2 aliphatic heterocycles. The van der Waals surface area contributed by atoms with E-state index < -0.39 is 17.8 Å². The zero-order valence-corrected chi connectivity index (χ0v) is 22.7. The third kappa shape index (κ3) is 4.97. The number of ether oxygens (including phenoxy) is 1. The van der Waals surface area contributed by atoms with Crippen molar-refractivity contribution in [3.05, 3.63) is 90.5 Å². The molecule has 5 rings (SSSR count). The first-order chi connectivity index (χ1) is 19.1. The minimum atomic E-state index is -0.636. The number of rotatable bonds is 10. The van der Waals surface area contributed by atoms with E-state index in [2.05, 4.69) is 6.92 Å². The molecule has 0 fully saturated rings. The first-order valence-electron chi connectivity index (χ1n) is 13.7. The number of benzene rings is 3. The molecule has 3 aromatic carbocycles. The van der Waals surface area contributed by atoms with E-state index in [1.165, 1.54) is 10.0 Å². The van der Waals surface area contributed by atoms with Crippen LogP contribution in [0.2, 0.25) is 0 Å². The molecule has 7 heteroatoms. The van der Waals surface area contributed by atoms with Gasteiger partial charge in [0, 0.05) is 5.92 Å². The van der Waals surface area contributed by atoms with Crippen molar-refractivity contribution in [3.63, 3.8) is 0 Å². The molecule has 0 saturated carbocycles. The molecule has 2 aliphatic rings. The van der Waals surface area contributed by atoms with Gasteiger partial charge in [0.1, 0.15) is 5.75 Å². The van der Waals surface area contributed by atoms with E-state index in [1.807, 2.05) is 98.8 Å². The number of carbonyl (C=O) groups is 2. The topological polar surface area (TPSA) is 74.6 Å². The molecule has 3 aromatic rings. The fraction of sp³-hybridized carbons (Fsp3) is 0.312. The van der Waals surface area contributed by atoms with E-state index in [9.17, 15) is 9.59 Å². The number of anilines is 2. The van der Waals surface area contributed by atoms with Gasteiger partial charge in [0.05, 0.1) is 41.2 Å². The second-order valence-corrected chi connectivity index (χ2v) is 9.73. The third-order valence-corrected chi connectivity index (χ3v) is 7.31. The molecule has 2 atom stereocenters. The lowest BCUT2D eigenvalue weighted by molar-refractivity contribution is -0.122. The average molecular weight is 523 g/mol. The number of carbonyl (C=O) groups excluding carboxylic acids is 2. The molecule has 0 aromatic heterocycles. The van der Waals surface area contributed by atoms with E-state index >= 15 is 0 Å². The predicted octanol–water partition coefficient (Wildman–Crippen LogP) is 6.42. The van der Waals surface area contributed by atoms with Gasteiger partial charge in [-0.15, -0.1) is 0 Å². The van der Waals surface area contributed by atoms with Crippen molar-refractivity contribution in [3.8, 4) is 5.75 Å². The summed E-state index contributed by atoms with van der Waals surface area (Å²) in [4.78, 5) is 28.5. The van der Waals surface area contributed by atoms with Crippen LogP contribution in [0.5, 0.6) is 5.75 Å². The summed E-state index contributed by atoms with van der Waals surface area (Å²) in [6.07, 6.45) is 2.00. The van der Waals surface area contributed by atoms with Crippen molar-refractivity contribution in [2.45, 2.75) is 46.0 Å². The summed E-state index contributed by atoms with van der Waals surface area (Å²) in [5.74, 6) is -1.40. The fourth-order valence-corrected chi connectivity index (χ4v) is 5.49. The maximum Gasteiger partial charge on any atom is 0.256 e. The Morgan fingerprint density at radius 1 is 0.692 bits per heavy atom. The minimum absolute atomic E-state index is 0.144. The van der Waals surface area contributed by atoms with Crippen LogP contribution in [-0.2, 0) is 9.59 Å². The Morgan fingerprint density at radius 3 is 1.62 bits per heavy atom. The van der Waals surface area contributed by atoms with Crippen LogP contribution in [0.4, 0.5) is 11.4 Å². The quantitative estimate of drug-likeness (QED) is 0.308. The number of nitrogens with zero attached hydrogens (tertiary/aromatic N) is 4. The Hall–Kier alpha value is -4.26. The molecular formula is C32H34N4O3. The van der Waals surface area contributed by atoms with Crippen molar-refractivity contribution >= 4 is 34.6 Å². The zero-order valence-electron chi connectivity index (χ0n) is 22.7. The maximum absolute atomic E-state index is 14.2. The number of hydrogen-bond acceptors (Lipinski definition) is 5. The van der Waals surface area contributed by atoms with Crippen molar-refractivity contribution in [1.29, 1.82) is 0 Å². The molecule has 2 heterocycles. The summed E-state index contributed by atoms with van der Waals surface area (Å²) in [6, 6.07) is 26.7. The van der Waals surface area contributed by atoms with Crippen molar-refractivity contribution in [1.82, 2.24) is 0 Å². The van der Waals surface area contributed by atoms with Crippen LogP contribution < -0.4 is 14.8 Å². The van der Waals surface area contributed by atoms with Gasteiger partial charge in [-0.3, -0.25) is 9.59 Å². The normalized spacial score (nSPS) is 19.8. The van der Waals surface area contributed by atoms with Crippen LogP contribution in [-0.4, -0.2) is 29.8 Å². The molecule has 0 aliphatic carbocycles. The largest absolute Gasteiger partial charge is 0.493 e. The van der Waals surface area contributed by atoms with E-state index in [4.69, 9.17) is 14.9 Å². The van der Waals surface area contributed by atoms with Crippen molar-refractivity contribution in [2.75, 3.05) is 16.6 Å². The lowest BCUT2D eigenvalue weighted by Crippen LogP contribution is -2.41. The van der Waals surface area contributed by atoms with Gasteiger partial charge in [-0.2, -0.15) is 10.2 Å². The van der Waals surface area contributed by atoms with Crippen LogP contribution in [0, 0.1) is 11.8 Å². The molecule has 0 spiro atoms. The Bertz CT molecular complexity index is 1310. The second-order valence-electron chi connectivity index (χ2n) is 9.73. The Morgan fingerprint density at radius 2 is 1.15 bits per heavy atom. The predicted molar refractivity (Wildman–Crippen MR) is 155 cm³/mol. The average Bonchev–Trinajstić information content (AvgIpc) is 3.50. The number of hydrazone groups is 2. The maximum atomic E-state index is 14.2. The molecular weight excluding hydrogens is 488 g/mol. The summed E-state index contributed by atoms with van der Waals surface area (Å²) < 4.78 is 6.19. The molecule has 0 bridgehead atoms. The summed E-state index contributed by atoms with van der Waals surface area (Å²) in [7, 11) is 0. The first kappa shape index (κ1) is 26.4. The molecule has 39 heavy (non-hydrogen) atoms. The zero-order chi connectivity index (χ0) is 27.4. The lowest BCUT2D eigenvalue weighted by Gasteiger charge is -2.30. The molecule has 0 N–H and O–H groups in total. The smallest absolute Gasteiger partial charge is 0.256 e. The van der Waals surface area contributed by atoms with Crippen LogP contribution in [0.25, 0.3) is 0 Å². The molecule has 2 unspecified atom stereocenters. The third-order valence-electron chi connectivity index (χ3n) is 7.31. The Labute approximate surface area is 229 Å². The minimum Gasteiger partial charge on any atom is -0.493 e. The van der Waals surface area contributed by atoms with Crippen molar-refractivity contribution in [2.24, 2.45) is 22.0 Å². The number of para-hydroxylation sites is 3. The molecule has 0 radical (unpaired) electrons. The van der Waals surface area contributed by atoms with Gasteiger partial charge in [0.2, 0.25) is 0 Å². The monoisotopic (exact) mass is 522 g/mol. The summed E-state index contributed by atoms with van der Waals surface area (Å²) in [6.45, 7) is 6.61. The highest BCUT2D eigenvalue weighted by atomic mass is 16.5. The van der Waals surface area contributed by atoms with Crippen molar-refractivity contribution < 1.29 is 14.3 Å². The highest BCUT2D eigenvalue weighted by Crippen LogP contribution is 2.46. The van der Waals surface area contributed by atoms with E-state index in [1.54, 1.807) is 0 Å². The van der Waals surface area contributed by atoms with Gasteiger partial charge < -0.3 is 4.74 Å². The van der Waals surface area contributed by atoms with E-state index in [0.29, 0.717) is 36.6 Å². The summed E-state index contributed by atoms with van der Waals surface area (Å²) in [5, 5.41) is 12.6. The standard InChI is InChI=1S/C32H34N4O3/c1-4-21-39-27-20-14-13-19-24(27)28(29-25(5-2)33-35(31(29)37)22-15-9-7-10-16-22)30-26(6-3)34-36(32(30)38)23-17-11-8-12-18-23/h7-20,28-30H,4-6,21H2,1-3H3. The van der Waals surface area contributed by atoms with Crippen LogP contribution in [0.3, 0.4) is 0 Å². The molecule has 0 saturated heterocycles. The number of hydrogen-bond donors (Lipinski definition) is 0. The lowest BCUT2D eigenvalue weighted by atomic mass is 9.71. The Balaban J connectivity index is 1.65. The Kier molecular flexibility index (Phi) is 7.87. The second kappa shape index (κ2) is 11.6. The van der Waals surface area contributed by atoms with Gasteiger partial charge in [-0.1, -0.05) is 75.4 Å². The fourth-order valence-electron chi connectivity index (χ4n) is 5.49. The SMILES string of the molecule is CCCOc1ccccc1C(C1C(=O)N(c2ccccc2)N=C1CC)C1C(=O)N(c2ccccc2)N=C1CC. The van der Waals surface area contributed by atoms with Crippen LogP contribution in [0.1, 0.15) is 51.5 Å². The molecule has 2 amide bonds. The molecule has 200 valence electrons.